The Morgan fingerprint density at radius 3 is 2.50 bits per heavy atom. The molecule has 1 atom stereocenters. The summed E-state index contributed by atoms with van der Waals surface area (Å²) in [6, 6.07) is 3.99. The minimum absolute atomic E-state index is 0.113. The second-order valence-electron chi connectivity index (χ2n) is 6.37. The number of Topliss-reactive ketones (excluding diaryl/α,β-unsaturated/α-hetero) is 1. The Morgan fingerprint density at radius 1 is 1.32 bits per heavy atom. The largest absolute Gasteiger partial charge is 0.418 e. The number of pyridine rings is 1. The molecule has 1 unspecified atom stereocenters. The molecule has 0 spiro atoms. The van der Waals surface area contributed by atoms with Gasteiger partial charge in [0.25, 0.3) is 0 Å². The number of nitrogens with zero attached hydrogens (tertiary/aromatic N) is 2. The SMILES string of the molecule is CC1(C)CC(C)(c2ncccc2C(F)(F)F)C=C(C#N)C1=O. The zero-order valence-electron chi connectivity index (χ0n) is 12.5. The molecule has 0 saturated carbocycles. The Labute approximate surface area is 126 Å². The minimum Gasteiger partial charge on any atom is -0.293 e. The van der Waals surface area contributed by atoms with Crippen molar-refractivity contribution < 1.29 is 18.0 Å². The van der Waals surface area contributed by atoms with Gasteiger partial charge in [-0.1, -0.05) is 26.8 Å². The average molecular weight is 308 g/mol. The lowest BCUT2D eigenvalue weighted by atomic mass is 9.63. The maximum absolute atomic E-state index is 13.2. The highest BCUT2D eigenvalue weighted by atomic mass is 19.4. The number of aromatic nitrogens is 1. The molecule has 0 fully saturated rings. The molecule has 2 rings (SSSR count). The molecule has 0 amide bonds. The van der Waals surface area contributed by atoms with E-state index in [-0.39, 0.29) is 23.5 Å². The second kappa shape index (κ2) is 4.94. The Bertz CT molecular complexity index is 698. The van der Waals surface area contributed by atoms with Crippen LogP contribution in [0, 0.1) is 16.7 Å². The van der Waals surface area contributed by atoms with Crippen LogP contribution < -0.4 is 0 Å². The van der Waals surface area contributed by atoms with Gasteiger partial charge in [-0.2, -0.15) is 18.4 Å². The first-order valence-electron chi connectivity index (χ1n) is 6.72. The molecule has 6 heteroatoms. The molecule has 0 aromatic carbocycles. The summed E-state index contributed by atoms with van der Waals surface area (Å²) in [5, 5.41) is 9.12. The Hall–Kier alpha value is -2.16. The standard InChI is InChI=1S/C16H15F3N2O/c1-14(2)9-15(3,7-10(8-20)13(14)22)12-11(16(17,18)19)5-4-6-21-12/h4-7H,9H2,1-3H3. The number of rotatable bonds is 1. The van der Waals surface area contributed by atoms with E-state index in [4.69, 9.17) is 5.26 Å². The fraction of sp³-hybridized carbons (Fsp3) is 0.438. The Morgan fingerprint density at radius 2 is 1.95 bits per heavy atom. The third-order valence-electron chi connectivity index (χ3n) is 3.91. The molecule has 1 aromatic rings. The van der Waals surface area contributed by atoms with Crippen LogP contribution in [0.25, 0.3) is 0 Å². The van der Waals surface area contributed by atoms with Crippen molar-refractivity contribution in [3.8, 4) is 6.07 Å². The second-order valence-corrected chi connectivity index (χ2v) is 6.37. The van der Waals surface area contributed by atoms with Crippen LogP contribution in [-0.2, 0) is 16.4 Å². The summed E-state index contributed by atoms with van der Waals surface area (Å²) >= 11 is 0. The van der Waals surface area contributed by atoms with Gasteiger partial charge in [-0.25, -0.2) is 0 Å². The fourth-order valence-electron chi connectivity index (χ4n) is 3.12. The highest BCUT2D eigenvalue weighted by molar-refractivity contribution is 6.04. The molecule has 22 heavy (non-hydrogen) atoms. The van der Waals surface area contributed by atoms with Gasteiger partial charge in [0.05, 0.1) is 16.8 Å². The smallest absolute Gasteiger partial charge is 0.293 e. The van der Waals surface area contributed by atoms with E-state index < -0.39 is 22.6 Å². The van der Waals surface area contributed by atoms with Crippen LogP contribution in [0.15, 0.2) is 30.0 Å². The van der Waals surface area contributed by atoms with E-state index >= 15 is 0 Å². The van der Waals surface area contributed by atoms with E-state index in [9.17, 15) is 18.0 Å². The van der Waals surface area contributed by atoms with Crippen LogP contribution >= 0.6 is 0 Å². The minimum atomic E-state index is -4.54. The number of ketones is 1. The summed E-state index contributed by atoms with van der Waals surface area (Å²) in [6.07, 6.45) is -1.78. The van der Waals surface area contributed by atoms with Crippen LogP contribution in [0.3, 0.4) is 0 Å². The molecule has 0 saturated heterocycles. The number of carbonyl (C=O) groups is 1. The molecule has 0 radical (unpaired) electrons. The van der Waals surface area contributed by atoms with Gasteiger partial charge in [0.1, 0.15) is 6.07 Å². The summed E-state index contributed by atoms with van der Waals surface area (Å²) in [5.74, 6) is -0.350. The number of allylic oxidation sites excluding steroid dienone is 2. The van der Waals surface area contributed by atoms with Gasteiger partial charge in [0.2, 0.25) is 0 Å². The van der Waals surface area contributed by atoms with Crippen LogP contribution in [0.4, 0.5) is 13.2 Å². The first kappa shape index (κ1) is 16.2. The van der Waals surface area contributed by atoms with Gasteiger partial charge in [-0.3, -0.25) is 9.78 Å². The molecule has 1 aromatic heterocycles. The third-order valence-corrected chi connectivity index (χ3v) is 3.91. The lowest BCUT2D eigenvalue weighted by molar-refractivity contribution is -0.139. The number of hydrogen-bond donors (Lipinski definition) is 0. The highest BCUT2D eigenvalue weighted by Crippen LogP contribution is 2.46. The molecule has 116 valence electrons. The molecule has 0 bridgehead atoms. The summed E-state index contributed by atoms with van der Waals surface area (Å²) in [4.78, 5) is 16.1. The lowest BCUT2D eigenvalue weighted by Crippen LogP contribution is -2.40. The van der Waals surface area contributed by atoms with Crippen LogP contribution in [0.5, 0.6) is 0 Å². The third kappa shape index (κ3) is 2.63. The van der Waals surface area contributed by atoms with Gasteiger partial charge in [0.15, 0.2) is 5.78 Å². The fourth-order valence-corrected chi connectivity index (χ4v) is 3.12. The maximum atomic E-state index is 13.2. The molecular weight excluding hydrogens is 293 g/mol. The maximum Gasteiger partial charge on any atom is 0.418 e. The zero-order chi connectivity index (χ0) is 16.8. The normalized spacial score (nSPS) is 24.6. The zero-order valence-corrected chi connectivity index (χ0v) is 12.5. The van der Waals surface area contributed by atoms with E-state index in [1.54, 1.807) is 26.8 Å². The number of halogens is 3. The van der Waals surface area contributed by atoms with E-state index in [1.807, 2.05) is 0 Å². The number of nitriles is 1. The molecule has 3 nitrogen and oxygen atoms in total. The lowest BCUT2D eigenvalue weighted by Gasteiger charge is -2.39. The van der Waals surface area contributed by atoms with Crippen molar-refractivity contribution in [1.29, 1.82) is 5.26 Å². The number of alkyl halides is 3. The van der Waals surface area contributed by atoms with Gasteiger partial charge < -0.3 is 0 Å². The predicted molar refractivity (Wildman–Crippen MR) is 73.7 cm³/mol. The van der Waals surface area contributed by atoms with Crippen molar-refractivity contribution in [2.45, 2.75) is 38.8 Å². The van der Waals surface area contributed by atoms with Crippen molar-refractivity contribution in [2.24, 2.45) is 5.41 Å². The topological polar surface area (TPSA) is 53.8 Å². The molecule has 0 N–H and O–H groups in total. The Balaban J connectivity index is 2.70. The summed E-state index contributed by atoms with van der Waals surface area (Å²) in [7, 11) is 0. The monoisotopic (exact) mass is 308 g/mol. The van der Waals surface area contributed by atoms with Crippen molar-refractivity contribution in [1.82, 2.24) is 4.98 Å². The average Bonchev–Trinajstić information content (AvgIpc) is 2.41. The first-order valence-corrected chi connectivity index (χ1v) is 6.72. The van der Waals surface area contributed by atoms with E-state index in [0.717, 1.165) is 6.07 Å². The van der Waals surface area contributed by atoms with Crippen molar-refractivity contribution in [3.05, 3.63) is 41.2 Å². The number of carbonyl (C=O) groups excluding carboxylic acids is 1. The predicted octanol–water partition coefficient (Wildman–Crippen LogP) is 3.81. The Kier molecular flexibility index (Phi) is 3.64. The van der Waals surface area contributed by atoms with Crippen LogP contribution in [-0.4, -0.2) is 10.8 Å². The van der Waals surface area contributed by atoms with E-state index in [2.05, 4.69) is 4.98 Å². The van der Waals surface area contributed by atoms with Crippen molar-refractivity contribution in [2.75, 3.05) is 0 Å². The molecule has 1 heterocycles. The van der Waals surface area contributed by atoms with Crippen molar-refractivity contribution >= 4 is 5.78 Å². The van der Waals surface area contributed by atoms with E-state index in [1.165, 1.54) is 18.3 Å². The van der Waals surface area contributed by atoms with Crippen LogP contribution in [0.2, 0.25) is 0 Å². The molecule has 1 aliphatic carbocycles. The quantitative estimate of drug-likeness (QED) is 0.792. The summed E-state index contributed by atoms with van der Waals surface area (Å²) in [6.45, 7) is 4.85. The van der Waals surface area contributed by atoms with Crippen molar-refractivity contribution in [3.63, 3.8) is 0 Å². The molecule has 0 aliphatic heterocycles. The summed E-state index contributed by atoms with van der Waals surface area (Å²) < 4.78 is 39.7. The molecule has 1 aliphatic rings. The first-order chi connectivity index (χ1) is 10.0. The van der Waals surface area contributed by atoms with Gasteiger partial charge in [-0.15, -0.1) is 0 Å². The van der Waals surface area contributed by atoms with E-state index in [0.29, 0.717) is 0 Å². The van der Waals surface area contributed by atoms with Gasteiger partial charge >= 0.3 is 6.18 Å². The number of hydrogen-bond acceptors (Lipinski definition) is 3. The highest BCUT2D eigenvalue weighted by Gasteiger charge is 2.47. The van der Waals surface area contributed by atoms with Crippen LogP contribution in [0.1, 0.15) is 38.4 Å². The summed E-state index contributed by atoms with van der Waals surface area (Å²) in [5.41, 5.74) is -3.16. The molecular formula is C16H15F3N2O. The van der Waals surface area contributed by atoms with Gasteiger partial charge in [0, 0.05) is 17.0 Å². The van der Waals surface area contributed by atoms with Gasteiger partial charge in [-0.05, 0) is 18.6 Å².